The fraction of sp³-hybridized carbons (Fsp3) is 0.222. The summed E-state index contributed by atoms with van der Waals surface area (Å²) in [5, 5.41) is 14.9. The molecule has 0 heterocycles. The Labute approximate surface area is 123 Å². The Bertz CT molecular complexity index is 844. The van der Waals surface area contributed by atoms with Crippen molar-refractivity contribution < 1.29 is 4.92 Å². The Morgan fingerprint density at radius 3 is 1.48 bits per heavy atom. The number of rotatable bonds is 1. The van der Waals surface area contributed by atoms with Crippen LogP contribution in [0.1, 0.15) is 22.3 Å². The van der Waals surface area contributed by atoms with Crippen molar-refractivity contribution in [3.8, 4) is 0 Å². The molecule has 0 spiro atoms. The van der Waals surface area contributed by atoms with E-state index in [1.807, 2.05) is 52.0 Å². The Hall–Kier alpha value is -2.42. The van der Waals surface area contributed by atoms with E-state index in [-0.39, 0.29) is 10.6 Å². The van der Waals surface area contributed by atoms with E-state index in [2.05, 4.69) is 6.07 Å². The zero-order chi connectivity index (χ0) is 15.3. The van der Waals surface area contributed by atoms with Crippen LogP contribution in [0, 0.1) is 37.8 Å². The molecule has 0 aliphatic heterocycles. The van der Waals surface area contributed by atoms with Crippen LogP contribution < -0.4 is 0 Å². The second-order valence-corrected chi connectivity index (χ2v) is 5.80. The SMILES string of the molecule is Cc1cc2cc3cc(C)c(C)cc3c([N+](=O)[O-])c2cc1C. The van der Waals surface area contributed by atoms with E-state index in [4.69, 9.17) is 0 Å². The summed E-state index contributed by atoms with van der Waals surface area (Å²) in [7, 11) is 0. The van der Waals surface area contributed by atoms with Crippen LogP contribution in [0.15, 0.2) is 30.3 Å². The van der Waals surface area contributed by atoms with Crippen LogP contribution in [-0.2, 0) is 0 Å². The maximum Gasteiger partial charge on any atom is 0.284 e. The van der Waals surface area contributed by atoms with Crippen molar-refractivity contribution in [3.05, 3.63) is 62.7 Å². The predicted octanol–water partition coefficient (Wildman–Crippen LogP) is 5.13. The lowest BCUT2D eigenvalue weighted by Crippen LogP contribution is -1.94. The van der Waals surface area contributed by atoms with Gasteiger partial charge in [-0.25, -0.2) is 0 Å². The number of nitro benzene ring substituents is 1. The van der Waals surface area contributed by atoms with E-state index >= 15 is 0 Å². The Balaban J connectivity index is 2.59. The summed E-state index contributed by atoms with van der Waals surface area (Å²) in [6, 6.07) is 9.98. The molecule has 106 valence electrons. The maximum absolute atomic E-state index is 11.6. The van der Waals surface area contributed by atoms with Gasteiger partial charge in [0, 0.05) is 0 Å². The number of aryl methyl sites for hydroxylation is 4. The van der Waals surface area contributed by atoms with Gasteiger partial charge in [-0.15, -0.1) is 0 Å². The highest BCUT2D eigenvalue weighted by Crippen LogP contribution is 2.37. The van der Waals surface area contributed by atoms with Gasteiger partial charge in [0.1, 0.15) is 0 Å². The van der Waals surface area contributed by atoms with Crippen LogP contribution in [0.25, 0.3) is 21.5 Å². The Morgan fingerprint density at radius 1 is 0.714 bits per heavy atom. The molecule has 0 atom stereocenters. The van der Waals surface area contributed by atoms with Gasteiger partial charge in [-0.2, -0.15) is 0 Å². The van der Waals surface area contributed by atoms with Gasteiger partial charge in [0.25, 0.3) is 5.69 Å². The lowest BCUT2D eigenvalue weighted by molar-refractivity contribution is -0.381. The van der Waals surface area contributed by atoms with Crippen LogP contribution >= 0.6 is 0 Å². The van der Waals surface area contributed by atoms with Gasteiger partial charge in [-0.3, -0.25) is 10.1 Å². The first-order valence-corrected chi connectivity index (χ1v) is 6.98. The van der Waals surface area contributed by atoms with E-state index in [1.54, 1.807) is 0 Å². The molecule has 0 aliphatic carbocycles. The van der Waals surface area contributed by atoms with E-state index in [9.17, 15) is 10.1 Å². The minimum absolute atomic E-state index is 0.216. The number of hydrogen-bond acceptors (Lipinski definition) is 2. The number of nitrogens with zero attached hydrogens (tertiary/aromatic N) is 1. The highest BCUT2D eigenvalue weighted by molar-refractivity contribution is 6.08. The summed E-state index contributed by atoms with van der Waals surface area (Å²) in [6.45, 7) is 8.04. The molecule has 21 heavy (non-hydrogen) atoms. The van der Waals surface area contributed by atoms with Crippen LogP contribution in [0.4, 0.5) is 5.69 Å². The first kappa shape index (κ1) is 13.6. The van der Waals surface area contributed by atoms with Crippen LogP contribution in [0.2, 0.25) is 0 Å². The molecule has 0 aromatic heterocycles. The number of fused-ring (bicyclic) bond motifs is 2. The van der Waals surface area contributed by atoms with E-state index < -0.39 is 0 Å². The molecule has 0 radical (unpaired) electrons. The average Bonchev–Trinajstić information content (AvgIpc) is 2.39. The predicted molar refractivity (Wildman–Crippen MR) is 87.1 cm³/mol. The zero-order valence-electron chi connectivity index (χ0n) is 12.7. The molecule has 3 heteroatoms. The third kappa shape index (κ3) is 2.05. The van der Waals surface area contributed by atoms with Gasteiger partial charge >= 0.3 is 0 Å². The molecule has 0 N–H and O–H groups in total. The number of nitro groups is 1. The molecule has 0 amide bonds. The summed E-state index contributed by atoms with van der Waals surface area (Å²) in [5.74, 6) is 0. The van der Waals surface area contributed by atoms with Gasteiger partial charge in [-0.1, -0.05) is 12.1 Å². The van der Waals surface area contributed by atoms with E-state index in [1.165, 1.54) is 0 Å². The second-order valence-electron chi connectivity index (χ2n) is 5.80. The summed E-state index contributed by atoms with van der Waals surface area (Å²) in [5.41, 5.74) is 4.68. The monoisotopic (exact) mass is 279 g/mol. The minimum atomic E-state index is -0.256. The molecular weight excluding hydrogens is 262 g/mol. The average molecular weight is 279 g/mol. The van der Waals surface area contributed by atoms with Crippen molar-refractivity contribution in [2.24, 2.45) is 0 Å². The summed E-state index contributed by atoms with van der Waals surface area (Å²) in [4.78, 5) is 11.4. The third-order valence-corrected chi connectivity index (χ3v) is 4.34. The normalized spacial score (nSPS) is 11.2. The fourth-order valence-corrected chi connectivity index (χ4v) is 2.84. The molecule has 3 nitrogen and oxygen atoms in total. The topological polar surface area (TPSA) is 43.1 Å². The molecule has 0 aliphatic rings. The van der Waals surface area contributed by atoms with Gasteiger partial charge < -0.3 is 0 Å². The van der Waals surface area contributed by atoms with Crippen molar-refractivity contribution in [2.45, 2.75) is 27.7 Å². The molecule has 0 saturated heterocycles. The molecular formula is C18H17NO2. The van der Waals surface area contributed by atoms with Crippen molar-refractivity contribution >= 4 is 27.2 Å². The Morgan fingerprint density at radius 2 is 1.10 bits per heavy atom. The summed E-state index contributed by atoms with van der Waals surface area (Å²) < 4.78 is 0. The lowest BCUT2D eigenvalue weighted by Gasteiger charge is -2.10. The van der Waals surface area contributed by atoms with Gasteiger partial charge in [0.15, 0.2) is 0 Å². The molecule has 3 aromatic rings. The van der Waals surface area contributed by atoms with Crippen molar-refractivity contribution in [1.29, 1.82) is 0 Å². The highest BCUT2D eigenvalue weighted by Gasteiger charge is 2.19. The largest absolute Gasteiger partial charge is 0.284 e. The fourth-order valence-electron chi connectivity index (χ4n) is 2.84. The first-order valence-electron chi connectivity index (χ1n) is 6.98. The van der Waals surface area contributed by atoms with Crippen molar-refractivity contribution in [1.82, 2.24) is 0 Å². The second kappa shape index (κ2) is 4.55. The standard InChI is InChI=1S/C18H17NO2/c1-10-5-14-9-15-6-11(2)13(4)8-17(15)18(19(20)21)16(14)7-12(10)3/h5-9H,1-4H3. The van der Waals surface area contributed by atoms with Gasteiger partial charge in [0.2, 0.25) is 0 Å². The lowest BCUT2D eigenvalue weighted by atomic mass is 9.95. The van der Waals surface area contributed by atoms with Crippen LogP contribution in [-0.4, -0.2) is 4.92 Å². The maximum atomic E-state index is 11.6. The smallest absolute Gasteiger partial charge is 0.258 e. The number of non-ortho nitro benzene ring substituents is 1. The third-order valence-electron chi connectivity index (χ3n) is 4.34. The van der Waals surface area contributed by atoms with E-state index in [0.717, 1.165) is 43.8 Å². The minimum Gasteiger partial charge on any atom is -0.258 e. The summed E-state index contributed by atoms with van der Waals surface area (Å²) >= 11 is 0. The molecule has 0 unspecified atom stereocenters. The van der Waals surface area contributed by atoms with Gasteiger partial charge in [-0.05, 0) is 78.9 Å². The summed E-state index contributed by atoms with van der Waals surface area (Å²) in [6.07, 6.45) is 0. The highest BCUT2D eigenvalue weighted by atomic mass is 16.6. The quantitative estimate of drug-likeness (QED) is 0.352. The zero-order valence-corrected chi connectivity index (χ0v) is 12.7. The molecule has 0 bridgehead atoms. The van der Waals surface area contributed by atoms with Crippen molar-refractivity contribution in [2.75, 3.05) is 0 Å². The molecule has 3 rings (SSSR count). The van der Waals surface area contributed by atoms with E-state index in [0.29, 0.717) is 0 Å². The molecule has 3 aromatic carbocycles. The van der Waals surface area contributed by atoms with Gasteiger partial charge in [0.05, 0.1) is 15.7 Å². The molecule has 0 saturated carbocycles. The van der Waals surface area contributed by atoms with Crippen LogP contribution in [0.3, 0.4) is 0 Å². The first-order chi connectivity index (χ1) is 9.88. The molecule has 0 fully saturated rings. The Kier molecular flexibility index (Phi) is 2.94. The van der Waals surface area contributed by atoms with Crippen LogP contribution in [0.5, 0.6) is 0 Å². The number of hydrogen-bond donors (Lipinski definition) is 0. The number of benzene rings is 3. The van der Waals surface area contributed by atoms with Crippen molar-refractivity contribution in [3.63, 3.8) is 0 Å².